The van der Waals surface area contributed by atoms with Gasteiger partial charge in [0.1, 0.15) is 6.10 Å². The van der Waals surface area contributed by atoms with Crippen molar-refractivity contribution >= 4 is 17.8 Å². The van der Waals surface area contributed by atoms with Gasteiger partial charge in [-0.05, 0) is 25.7 Å². The van der Waals surface area contributed by atoms with Crippen molar-refractivity contribution in [2.24, 2.45) is 4.99 Å². The predicted molar refractivity (Wildman–Crippen MR) is 94.3 cm³/mol. The molecule has 8 nitrogen and oxygen atoms in total. The molecule has 0 spiro atoms. The summed E-state index contributed by atoms with van der Waals surface area (Å²) in [5.41, 5.74) is 0. The molecular formula is C17H29N5O3. The fraction of sp³-hybridized carbons (Fsp3) is 0.824. The fourth-order valence-corrected chi connectivity index (χ4v) is 3.68. The number of hydrogen-bond acceptors (Lipinski definition) is 4. The van der Waals surface area contributed by atoms with Crippen LogP contribution in [0.15, 0.2) is 4.99 Å². The van der Waals surface area contributed by atoms with Crippen molar-refractivity contribution in [3.63, 3.8) is 0 Å². The van der Waals surface area contributed by atoms with Crippen molar-refractivity contribution in [3.05, 3.63) is 0 Å². The highest BCUT2D eigenvalue weighted by atomic mass is 16.5. The van der Waals surface area contributed by atoms with Crippen LogP contribution >= 0.6 is 0 Å². The van der Waals surface area contributed by atoms with Crippen LogP contribution in [0.4, 0.5) is 0 Å². The summed E-state index contributed by atoms with van der Waals surface area (Å²) in [5, 5.41) is 3.17. The van der Waals surface area contributed by atoms with Crippen LogP contribution < -0.4 is 5.32 Å². The average Bonchev–Trinajstić information content (AvgIpc) is 3.35. The first-order valence-electron chi connectivity index (χ1n) is 9.33. The van der Waals surface area contributed by atoms with E-state index in [4.69, 9.17) is 4.74 Å². The maximum Gasteiger partial charge on any atom is 0.251 e. The molecule has 3 rings (SSSR count). The normalized spacial score (nSPS) is 24.8. The first-order chi connectivity index (χ1) is 12.2. The van der Waals surface area contributed by atoms with E-state index in [-0.39, 0.29) is 24.5 Å². The molecule has 3 saturated heterocycles. The summed E-state index contributed by atoms with van der Waals surface area (Å²) in [5.74, 6) is 0.979. The van der Waals surface area contributed by atoms with Crippen LogP contribution in [0.1, 0.15) is 25.7 Å². The minimum absolute atomic E-state index is 0.115. The minimum atomic E-state index is -0.248. The maximum atomic E-state index is 12.4. The zero-order valence-corrected chi connectivity index (χ0v) is 15.1. The molecular weight excluding hydrogens is 322 g/mol. The van der Waals surface area contributed by atoms with Gasteiger partial charge in [-0.25, -0.2) is 0 Å². The van der Waals surface area contributed by atoms with E-state index in [1.165, 1.54) is 0 Å². The number of amides is 2. The monoisotopic (exact) mass is 351 g/mol. The summed E-state index contributed by atoms with van der Waals surface area (Å²) in [6, 6.07) is 0. The number of piperazine rings is 1. The molecule has 8 heteroatoms. The van der Waals surface area contributed by atoms with E-state index in [1.54, 1.807) is 7.05 Å². The van der Waals surface area contributed by atoms with Crippen molar-refractivity contribution in [1.82, 2.24) is 20.0 Å². The molecule has 0 aromatic heterocycles. The summed E-state index contributed by atoms with van der Waals surface area (Å²) in [6.45, 7) is 5.47. The number of hydrogen-bond donors (Lipinski definition) is 1. The van der Waals surface area contributed by atoms with Crippen LogP contribution in [0.3, 0.4) is 0 Å². The smallest absolute Gasteiger partial charge is 0.251 e. The molecule has 0 aromatic rings. The maximum absolute atomic E-state index is 12.4. The molecule has 0 aliphatic carbocycles. The van der Waals surface area contributed by atoms with Crippen molar-refractivity contribution in [1.29, 1.82) is 0 Å². The first-order valence-corrected chi connectivity index (χ1v) is 9.33. The van der Waals surface area contributed by atoms with E-state index in [0.29, 0.717) is 19.7 Å². The lowest BCUT2D eigenvalue weighted by atomic mass is 10.2. The molecule has 2 amide bonds. The van der Waals surface area contributed by atoms with Crippen molar-refractivity contribution < 1.29 is 14.3 Å². The van der Waals surface area contributed by atoms with Gasteiger partial charge in [-0.3, -0.25) is 14.6 Å². The Morgan fingerprint density at radius 1 is 1.00 bits per heavy atom. The molecule has 1 N–H and O–H groups in total. The van der Waals surface area contributed by atoms with Gasteiger partial charge < -0.3 is 24.8 Å². The zero-order valence-electron chi connectivity index (χ0n) is 15.1. The fourth-order valence-electron chi connectivity index (χ4n) is 3.68. The molecule has 0 saturated carbocycles. The second-order valence-electron chi connectivity index (χ2n) is 6.80. The summed E-state index contributed by atoms with van der Waals surface area (Å²) in [7, 11) is 1.73. The molecule has 3 aliphatic rings. The largest absolute Gasteiger partial charge is 0.368 e. The number of guanidine groups is 1. The summed E-state index contributed by atoms with van der Waals surface area (Å²) >= 11 is 0. The van der Waals surface area contributed by atoms with E-state index >= 15 is 0 Å². The molecule has 140 valence electrons. The van der Waals surface area contributed by atoms with Gasteiger partial charge in [0.05, 0.1) is 6.54 Å². The zero-order chi connectivity index (χ0) is 17.6. The molecule has 3 aliphatic heterocycles. The summed E-state index contributed by atoms with van der Waals surface area (Å²) in [4.78, 5) is 34.7. The Morgan fingerprint density at radius 2 is 1.68 bits per heavy atom. The number of ether oxygens (including phenoxy) is 1. The van der Waals surface area contributed by atoms with Gasteiger partial charge >= 0.3 is 0 Å². The van der Waals surface area contributed by atoms with Gasteiger partial charge in [-0.1, -0.05) is 0 Å². The standard InChI is InChI=1S/C17H29N5O3/c1-18-17(19-13-15(23)20-6-2-3-7-20)22-10-8-21(9-11-22)16(24)14-5-4-12-25-14/h14H,2-13H2,1H3,(H,18,19). The number of aliphatic imine (C=N–C) groups is 1. The SMILES string of the molecule is CN=C(NCC(=O)N1CCCC1)N1CCN(C(=O)C2CCCO2)CC1. The Balaban J connectivity index is 1.43. The van der Waals surface area contributed by atoms with Crippen LogP contribution in [0.2, 0.25) is 0 Å². The number of carbonyl (C=O) groups is 2. The number of rotatable bonds is 3. The molecule has 1 unspecified atom stereocenters. The van der Waals surface area contributed by atoms with E-state index in [1.807, 2.05) is 9.80 Å². The van der Waals surface area contributed by atoms with Crippen LogP contribution in [0, 0.1) is 0 Å². The van der Waals surface area contributed by atoms with Gasteiger partial charge in [0, 0.05) is 52.9 Å². The lowest BCUT2D eigenvalue weighted by molar-refractivity contribution is -0.142. The first kappa shape index (κ1) is 18.0. The highest BCUT2D eigenvalue weighted by Gasteiger charge is 2.31. The predicted octanol–water partition coefficient (Wildman–Crippen LogP) is -0.493. The highest BCUT2D eigenvalue weighted by molar-refractivity contribution is 5.87. The summed E-state index contributed by atoms with van der Waals surface area (Å²) in [6.07, 6.45) is 3.75. The number of carbonyl (C=O) groups excluding carboxylic acids is 2. The molecule has 1 atom stereocenters. The number of likely N-dealkylation sites (tertiary alicyclic amines) is 1. The Labute approximate surface area is 149 Å². The van der Waals surface area contributed by atoms with Crippen LogP contribution in [0.5, 0.6) is 0 Å². The Kier molecular flexibility index (Phi) is 6.12. The van der Waals surface area contributed by atoms with Crippen molar-refractivity contribution in [2.45, 2.75) is 31.8 Å². The Morgan fingerprint density at radius 3 is 2.28 bits per heavy atom. The third-order valence-electron chi connectivity index (χ3n) is 5.16. The second kappa shape index (κ2) is 8.51. The van der Waals surface area contributed by atoms with Crippen LogP contribution in [-0.4, -0.2) is 98.0 Å². The topological polar surface area (TPSA) is 77.5 Å². The Hall–Kier alpha value is -1.83. The van der Waals surface area contributed by atoms with Crippen molar-refractivity contribution in [2.75, 3.05) is 59.5 Å². The van der Waals surface area contributed by atoms with E-state index in [9.17, 15) is 9.59 Å². The third-order valence-corrected chi connectivity index (χ3v) is 5.16. The van der Waals surface area contributed by atoms with Gasteiger partial charge in [0.25, 0.3) is 5.91 Å². The van der Waals surface area contributed by atoms with E-state index in [0.717, 1.165) is 57.8 Å². The molecule has 0 bridgehead atoms. The Bertz CT molecular complexity index is 504. The second-order valence-corrected chi connectivity index (χ2v) is 6.80. The van der Waals surface area contributed by atoms with Gasteiger partial charge in [0.15, 0.2) is 5.96 Å². The molecule has 3 fully saturated rings. The van der Waals surface area contributed by atoms with Gasteiger partial charge in [-0.15, -0.1) is 0 Å². The number of nitrogens with zero attached hydrogens (tertiary/aromatic N) is 4. The quantitative estimate of drug-likeness (QED) is 0.548. The molecule has 3 heterocycles. The van der Waals surface area contributed by atoms with Gasteiger partial charge in [-0.2, -0.15) is 0 Å². The highest BCUT2D eigenvalue weighted by Crippen LogP contribution is 2.16. The van der Waals surface area contributed by atoms with Crippen LogP contribution in [0.25, 0.3) is 0 Å². The molecule has 0 aromatic carbocycles. The molecule has 0 radical (unpaired) electrons. The van der Waals surface area contributed by atoms with E-state index in [2.05, 4.69) is 15.2 Å². The van der Waals surface area contributed by atoms with E-state index < -0.39 is 0 Å². The van der Waals surface area contributed by atoms with Crippen molar-refractivity contribution in [3.8, 4) is 0 Å². The summed E-state index contributed by atoms with van der Waals surface area (Å²) < 4.78 is 5.49. The lowest BCUT2D eigenvalue weighted by Gasteiger charge is -2.37. The molecule has 25 heavy (non-hydrogen) atoms. The third kappa shape index (κ3) is 4.42. The minimum Gasteiger partial charge on any atom is -0.368 e. The lowest BCUT2D eigenvalue weighted by Crippen LogP contribution is -2.56. The van der Waals surface area contributed by atoms with Crippen LogP contribution in [-0.2, 0) is 14.3 Å². The average molecular weight is 351 g/mol. The number of nitrogens with one attached hydrogen (secondary N) is 1. The van der Waals surface area contributed by atoms with Gasteiger partial charge in [0.2, 0.25) is 5.91 Å².